The standard InChI is InChI=1S/C16H20F3NO/c1-11(2)20(12(3)4)15(21)10-14(16(17,18)19)13-8-6-5-7-9-13/h5-12H,1-4H3. The van der Waals surface area contributed by atoms with Crippen molar-refractivity contribution >= 4 is 11.5 Å². The van der Waals surface area contributed by atoms with Gasteiger partial charge in [-0.25, -0.2) is 0 Å². The van der Waals surface area contributed by atoms with Gasteiger partial charge in [-0.2, -0.15) is 13.2 Å². The summed E-state index contributed by atoms with van der Waals surface area (Å²) in [7, 11) is 0. The van der Waals surface area contributed by atoms with Crippen LogP contribution in [-0.4, -0.2) is 29.1 Å². The number of carbonyl (C=O) groups is 1. The van der Waals surface area contributed by atoms with Crippen molar-refractivity contribution < 1.29 is 18.0 Å². The molecule has 0 unspecified atom stereocenters. The third-order valence-corrected chi connectivity index (χ3v) is 3.03. The number of hydrogen-bond acceptors (Lipinski definition) is 1. The molecule has 0 spiro atoms. The van der Waals surface area contributed by atoms with Crippen molar-refractivity contribution in [1.82, 2.24) is 4.90 Å². The predicted molar refractivity (Wildman–Crippen MR) is 77.6 cm³/mol. The van der Waals surface area contributed by atoms with Crippen LogP contribution in [0.25, 0.3) is 5.57 Å². The summed E-state index contributed by atoms with van der Waals surface area (Å²) in [5, 5.41) is 0. The summed E-state index contributed by atoms with van der Waals surface area (Å²) in [6.45, 7) is 7.12. The Morgan fingerprint density at radius 1 is 1.05 bits per heavy atom. The first-order chi connectivity index (χ1) is 9.64. The van der Waals surface area contributed by atoms with Gasteiger partial charge >= 0.3 is 6.18 Å². The van der Waals surface area contributed by atoms with E-state index < -0.39 is 17.7 Å². The van der Waals surface area contributed by atoms with Gasteiger partial charge < -0.3 is 4.90 Å². The van der Waals surface area contributed by atoms with E-state index in [1.807, 2.05) is 0 Å². The molecule has 0 N–H and O–H groups in total. The van der Waals surface area contributed by atoms with Gasteiger partial charge in [0.25, 0.3) is 0 Å². The van der Waals surface area contributed by atoms with Crippen molar-refractivity contribution in [2.75, 3.05) is 0 Å². The van der Waals surface area contributed by atoms with E-state index in [1.165, 1.54) is 29.2 Å². The van der Waals surface area contributed by atoms with E-state index in [2.05, 4.69) is 0 Å². The molecule has 0 aliphatic carbocycles. The van der Waals surface area contributed by atoms with Gasteiger partial charge in [-0.3, -0.25) is 4.79 Å². The molecule has 0 aliphatic rings. The molecule has 1 aromatic carbocycles. The fourth-order valence-electron chi connectivity index (χ4n) is 2.25. The van der Waals surface area contributed by atoms with Gasteiger partial charge in [0.15, 0.2) is 0 Å². The molecule has 0 fully saturated rings. The van der Waals surface area contributed by atoms with Crippen molar-refractivity contribution in [3.05, 3.63) is 42.0 Å². The lowest BCUT2D eigenvalue weighted by Crippen LogP contribution is -2.41. The maximum Gasteiger partial charge on any atom is 0.417 e. The van der Waals surface area contributed by atoms with Gasteiger partial charge in [0, 0.05) is 18.2 Å². The number of amides is 1. The van der Waals surface area contributed by atoms with Crippen LogP contribution >= 0.6 is 0 Å². The van der Waals surface area contributed by atoms with Gasteiger partial charge in [-0.15, -0.1) is 0 Å². The first kappa shape index (κ1) is 17.3. The van der Waals surface area contributed by atoms with E-state index in [-0.39, 0.29) is 17.6 Å². The average molecular weight is 299 g/mol. The summed E-state index contributed by atoms with van der Waals surface area (Å²) in [5.41, 5.74) is -0.926. The number of hydrogen-bond donors (Lipinski definition) is 0. The Kier molecular flexibility index (Phi) is 5.58. The lowest BCUT2D eigenvalue weighted by atomic mass is 10.0. The highest BCUT2D eigenvalue weighted by Crippen LogP contribution is 2.34. The van der Waals surface area contributed by atoms with Crippen LogP contribution in [0.3, 0.4) is 0 Å². The Labute approximate surface area is 123 Å². The van der Waals surface area contributed by atoms with E-state index in [1.54, 1.807) is 33.8 Å². The molecule has 0 aliphatic heterocycles. The Balaban J connectivity index is 3.24. The number of rotatable bonds is 4. The number of carbonyl (C=O) groups excluding carboxylic acids is 1. The van der Waals surface area contributed by atoms with Gasteiger partial charge in [0.2, 0.25) is 5.91 Å². The number of nitrogens with zero attached hydrogens (tertiary/aromatic N) is 1. The molecule has 21 heavy (non-hydrogen) atoms. The fraction of sp³-hybridized carbons (Fsp3) is 0.438. The molecule has 0 atom stereocenters. The lowest BCUT2D eigenvalue weighted by Gasteiger charge is -2.30. The highest BCUT2D eigenvalue weighted by molar-refractivity contribution is 5.96. The number of halogens is 3. The minimum absolute atomic E-state index is 0.00851. The molecule has 0 bridgehead atoms. The van der Waals surface area contributed by atoms with E-state index in [4.69, 9.17) is 0 Å². The van der Waals surface area contributed by atoms with Crippen LogP contribution in [0.15, 0.2) is 36.4 Å². The molecular weight excluding hydrogens is 279 g/mol. The van der Waals surface area contributed by atoms with E-state index >= 15 is 0 Å². The van der Waals surface area contributed by atoms with Crippen molar-refractivity contribution in [3.8, 4) is 0 Å². The van der Waals surface area contributed by atoms with Crippen LogP contribution in [0, 0.1) is 0 Å². The molecule has 0 saturated heterocycles. The highest BCUT2D eigenvalue weighted by atomic mass is 19.4. The second-order valence-corrected chi connectivity index (χ2v) is 5.35. The zero-order valence-electron chi connectivity index (χ0n) is 12.6. The van der Waals surface area contributed by atoms with E-state index in [0.29, 0.717) is 6.08 Å². The summed E-state index contributed by atoms with van der Waals surface area (Å²) >= 11 is 0. The van der Waals surface area contributed by atoms with Crippen LogP contribution in [0.2, 0.25) is 0 Å². The SMILES string of the molecule is CC(C)N(C(=O)C=C(c1ccccc1)C(F)(F)F)C(C)C. The highest BCUT2D eigenvalue weighted by Gasteiger charge is 2.36. The molecular formula is C16H20F3NO. The fourth-order valence-corrected chi connectivity index (χ4v) is 2.25. The maximum atomic E-state index is 13.2. The second kappa shape index (κ2) is 6.78. The third kappa shape index (κ3) is 4.62. The monoisotopic (exact) mass is 299 g/mol. The topological polar surface area (TPSA) is 20.3 Å². The molecule has 2 nitrogen and oxygen atoms in total. The van der Waals surface area contributed by atoms with Crippen molar-refractivity contribution in [3.63, 3.8) is 0 Å². The van der Waals surface area contributed by atoms with Crippen LogP contribution in [0.5, 0.6) is 0 Å². The summed E-state index contributed by atoms with van der Waals surface area (Å²) in [6, 6.07) is 7.03. The largest absolute Gasteiger partial charge is 0.417 e. The van der Waals surface area contributed by atoms with Crippen molar-refractivity contribution in [1.29, 1.82) is 0 Å². The molecule has 1 amide bonds. The summed E-state index contributed by atoms with van der Waals surface area (Å²) in [5.74, 6) is -0.629. The molecule has 0 radical (unpaired) electrons. The Hall–Kier alpha value is -1.78. The maximum absolute atomic E-state index is 13.2. The van der Waals surface area contributed by atoms with Crippen molar-refractivity contribution in [2.45, 2.75) is 46.0 Å². The number of allylic oxidation sites excluding steroid dienone is 1. The molecule has 5 heteroatoms. The van der Waals surface area contributed by atoms with Gasteiger partial charge in [-0.1, -0.05) is 30.3 Å². The second-order valence-electron chi connectivity index (χ2n) is 5.35. The summed E-state index contributed by atoms with van der Waals surface area (Å²) < 4.78 is 39.6. The number of alkyl halides is 3. The molecule has 1 aromatic rings. The van der Waals surface area contributed by atoms with E-state index in [9.17, 15) is 18.0 Å². The molecule has 116 valence electrons. The molecule has 0 saturated carbocycles. The smallest absolute Gasteiger partial charge is 0.334 e. The Bertz CT molecular complexity index is 496. The molecule has 0 heterocycles. The zero-order chi connectivity index (χ0) is 16.2. The minimum Gasteiger partial charge on any atom is -0.334 e. The number of benzene rings is 1. The average Bonchev–Trinajstić information content (AvgIpc) is 2.34. The minimum atomic E-state index is -4.57. The quantitative estimate of drug-likeness (QED) is 0.760. The molecule has 0 aromatic heterocycles. The van der Waals surface area contributed by atoms with Crippen LogP contribution in [0.1, 0.15) is 33.3 Å². The Morgan fingerprint density at radius 3 is 1.90 bits per heavy atom. The normalized spacial score (nSPS) is 12.9. The van der Waals surface area contributed by atoms with Crippen LogP contribution in [0.4, 0.5) is 13.2 Å². The summed E-state index contributed by atoms with van der Waals surface area (Å²) in [6.07, 6.45) is -3.88. The predicted octanol–water partition coefficient (Wildman–Crippen LogP) is 4.28. The third-order valence-electron chi connectivity index (χ3n) is 3.03. The lowest BCUT2D eigenvalue weighted by molar-refractivity contribution is -0.129. The van der Waals surface area contributed by atoms with Gasteiger partial charge in [-0.05, 0) is 33.3 Å². The zero-order valence-corrected chi connectivity index (χ0v) is 12.6. The first-order valence-electron chi connectivity index (χ1n) is 6.81. The van der Waals surface area contributed by atoms with Gasteiger partial charge in [0.05, 0.1) is 5.57 Å². The van der Waals surface area contributed by atoms with E-state index in [0.717, 1.165) is 0 Å². The Morgan fingerprint density at radius 2 is 1.52 bits per heavy atom. The summed E-state index contributed by atoms with van der Waals surface area (Å²) in [4.78, 5) is 13.6. The molecule has 1 rings (SSSR count). The van der Waals surface area contributed by atoms with Crippen molar-refractivity contribution in [2.24, 2.45) is 0 Å². The van der Waals surface area contributed by atoms with Crippen LogP contribution in [-0.2, 0) is 4.79 Å². The van der Waals surface area contributed by atoms with Crippen LogP contribution < -0.4 is 0 Å². The van der Waals surface area contributed by atoms with Gasteiger partial charge in [0.1, 0.15) is 0 Å². The first-order valence-corrected chi connectivity index (χ1v) is 6.81.